The number of aromatic nitrogens is 2. The molecule has 3 heterocycles. The molecule has 6 heteroatoms. The van der Waals surface area contributed by atoms with Gasteiger partial charge in [-0.15, -0.1) is 12.4 Å². The summed E-state index contributed by atoms with van der Waals surface area (Å²) in [6, 6.07) is 1.70. The van der Waals surface area contributed by atoms with Gasteiger partial charge in [0.25, 0.3) is 0 Å². The van der Waals surface area contributed by atoms with Gasteiger partial charge in [-0.05, 0) is 44.1 Å². The summed E-state index contributed by atoms with van der Waals surface area (Å²) >= 11 is 0. The van der Waals surface area contributed by atoms with Crippen LogP contribution in [0.5, 0.6) is 0 Å². The number of H-pyrrole nitrogens is 1. The second kappa shape index (κ2) is 6.20. The van der Waals surface area contributed by atoms with E-state index in [0.29, 0.717) is 24.0 Å². The van der Waals surface area contributed by atoms with Gasteiger partial charge in [0, 0.05) is 43.2 Å². The van der Waals surface area contributed by atoms with Crippen molar-refractivity contribution in [1.82, 2.24) is 20.4 Å². The quantitative estimate of drug-likeness (QED) is 0.870. The summed E-state index contributed by atoms with van der Waals surface area (Å²) in [6.07, 6.45) is 9.50. The topological polar surface area (TPSA) is 61.0 Å². The lowest BCUT2D eigenvalue weighted by atomic mass is 9.86. The monoisotopic (exact) mass is 324 g/mol. The lowest BCUT2D eigenvalue weighted by molar-refractivity contribution is -0.137. The van der Waals surface area contributed by atoms with Crippen LogP contribution in [0.4, 0.5) is 0 Å². The Morgan fingerprint density at radius 3 is 2.73 bits per heavy atom. The number of halogens is 1. The van der Waals surface area contributed by atoms with E-state index in [-0.39, 0.29) is 18.3 Å². The predicted octanol–water partition coefficient (Wildman–Crippen LogP) is 1.68. The first-order valence-electron chi connectivity index (χ1n) is 8.24. The minimum absolute atomic E-state index is 0. The average molecular weight is 325 g/mol. The number of piperidine rings is 1. The Morgan fingerprint density at radius 2 is 2.00 bits per heavy atom. The molecule has 3 aliphatic rings. The van der Waals surface area contributed by atoms with Gasteiger partial charge in [0.05, 0.1) is 6.20 Å². The van der Waals surface area contributed by atoms with Crippen molar-refractivity contribution < 1.29 is 4.79 Å². The van der Waals surface area contributed by atoms with Crippen molar-refractivity contribution in [2.24, 2.45) is 5.92 Å². The Labute approximate surface area is 137 Å². The molecule has 2 saturated heterocycles. The largest absolute Gasteiger partial charge is 0.342 e. The highest BCUT2D eigenvalue weighted by Crippen LogP contribution is 2.31. The molecule has 122 valence electrons. The van der Waals surface area contributed by atoms with E-state index in [2.05, 4.69) is 20.4 Å². The Bertz CT molecular complexity index is 534. The van der Waals surface area contributed by atoms with Crippen LogP contribution in [0, 0.1) is 5.92 Å². The first-order valence-corrected chi connectivity index (χ1v) is 8.24. The maximum atomic E-state index is 12.8. The van der Waals surface area contributed by atoms with Gasteiger partial charge in [-0.3, -0.25) is 9.89 Å². The summed E-state index contributed by atoms with van der Waals surface area (Å²) in [5, 5.41) is 10.8. The average Bonchev–Trinajstić information content (AvgIpc) is 3.11. The van der Waals surface area contributed by atoms with E-state index in [4.69, 9.17) is 0 Å². The van der Waals surface area contributed by atoms with Crippen LogP contribution in [0.1, 0.15) is 43.4 Å². The number of amides is 1. The fourth-order valence-corrected chi connectivity index (χ4v) is 4.43. The van der Waals surface area contributed by atoms with Crippen molar-refractivity contribution in [3.05, 3.63) is 17.5 Å². The van der Waals surface area contributed by atoms with Gasteiger partial charge in [0.1, 0.15) is 0 Å². The fraction of sp³-hybridized carbons (Fsp3) is 0.750. The first-order chi connectivity index (χ1) is 10.2. The van der Waals surface area contributed by atoms with Crippen LogP contribution < -0.4 is 5.32 Å². The zero-order valence-corrected chi connectivity index (χ0v) is 13.9. The number of fused-ring (bicyclic) bond motifs is 3. The highest BCUT2D eigenvalue weighted by Gasteiger charge is 2.38. The molecule has 22 heavy (non-hydrogen) atoms. The molecule has 2 N–H and O–H groups in total. The second-order valence-corrected chi connectivity index (χ2v) is 7.03. The van der Waals surface area contributed by atoms with Crippen molar-refractivity contribution in [2.45, 2.75) is 63.1 Å². The number of hydrogen-bond acceptors (Lipinski definition) is 3. The lowest BCUT2D eigenvalue weighted by Gasteiger charge is -2.37. The SMILES string of the molecule is CN(C(=O)C1CCc2cn[nH]c2C1)C1CC2CCC(C1)N2.Cl. The van der Waals surface area contributed by atoms with Crippen molar-refractivity contribution in [2.75, 3.05) is 7.05 Å². The molecule has 1 aromatic rings. The highest BCUT2D eigenvalue weighted by atomic mass is 35.5. The Kier molecular flexibility index (Phi) is 4.46. The Balaban J connectivity index is 0.00000144. The number of hydrogen-bond donors (Lipinski definition) is 2. The number of nitrogens with one attached hydrogen (secondary N) is 2. The number of aryl methyl sites for hydroxylation is 1. The van der Waals surface area contributed by atoms with E-state index >= 15 is 0 Å². The third-order valence-corrected chi connectivity index (χ3v) is 5.71. The molecule has 0 radical (unpaired) electrons. The molecule has 3 unspecified atom stereocenters. The van der Waals surface area contributed by atoms with E-state index in [0.717, 1.165) is 32.1 Å². The summed E-state index contributed by atoms with van der Waals surface area (Å²) < 4.78 is 0. The zero-order chi connectivity index (χ0) is 14.4. The van der Waals surface area contributed by atoms with E-state index in [1.54, 1.807) is 0 Å². The number of nitrogens with zero attached hydrogens (tertiary/aromatic N) is 2. The van der Waals surface area contributed by atoms with Crippen molar-refractivity contribution in [3.63, 3.8) is 0 Å². The summed E-state index contributed by atoms with van der Waals surface area (Å²) in [4.78, 5) is 14.9. The fourth-order valence-electron chi connectivity index (χ4n) is 4.43. The van der Waals surface area contributed by atoms with E-state index in [1.165, 1.54) is 24.1 Å². The highest BCUT2D eigenvalue weighted by molar-refractivity contribution is 5.85. The molecule has 3 atom stereocenters. The van der Waals surface area contributed by atoms with Crippen LogP contribution in [-0.2, 0) is 17.6 Å². The van der Waals surface area contributed by atoms with Crippen LogP contribution in [-0.4, -0.2) is 46.2 Å². The summed E-state index contributed by atoms with van der Waals surface area (Å²) in [6.45, 7) is 0. The molecule has 0 saturated carbocycles. The third kappa shape index (κ3) is 2.76. The van der Waals surface area contributed by atoms with Crippen molar-refractivity contribution in [3.8, 4) is 0 Å². The van der Waals surface area contributed by atoms with Gasteiger partial charge in [-0.25, -0.2) is 0 Å². The molecule has 2 bridgehead atoms. The molecule has 5 nitrogen and oxygen atoms in total. The van der Waals surface area contributed by atoms with Crippen molar-refractivity contribution >= 4 is 18.3 Å². The minimum Gasteiger partial charge on any atom is -0.342 e. The van der Waals surface area contributed by atoms with Gasteiger partial charge in [-0.1, -0.05) is 0 Å². The number of aromatic amines is 1. The Hall–Kier alpha value is -1.07. The molecule has 2 aliphatic heterocycles. The smallest absolute Gasteiger partial charge is 0.226 e. The van der Waals surface area contributed by atoms with Crippen LogP contribution in [0.3, 0.4) is 0 Å². The molecule has 1 aliphatic carbocycles. The van der Waals surface area contributed by atoms with Crippen molar-refractivity contribution in [1.29, 1.82) is 0 Å². The minimum atomic E-state index is 0. The van der Waals surface area contributed by atoms with Crippen LogP contribution >= 0.6 is 12.4 Å². The van der Waals surface area contributed by atoms with E-state index < -0.39 is 0 Å². The molecule has 1 amide bonds. The van der Waals surface area contributed by atoms with Crippen LogP contribution in [0.15, 0.2) is 6.20 Å². The molecular weight excluding hydrogens is 300 g/mol. The van der Waals surface area contributed by atoms with Gasteiger partial charge >= 0.3 is 0 Å². The molecular formula is C16H25ClN4O. The third-order valence-electron chi connectivity index (χ3n) is 5.71. The number of rotatable bonds is 2. The molecule has 2 fully saturated rings. The summed E-state index contributed by atoms with van der Waals surface area (Å²) in [5.74, 6) is 0.469. The Morgan fingerprint density at radius 1 is 1.27 bits per heavy atom. The van der Waals surface area contributed by atoms with E-state index in [9.17, 15) is 4.79 Å². The maximum absolute atomic E-state index is 12.8. The summed E-state index contributed by atoms with van der Waals surface area (Å²) in [5.41, 5.74) is 2.46. The molecule has 4 rings (SSSR count). The van der Waals surface area contributed by atoms with Crippen LogP contribution in [0.25, 0.3) is 0 Å². The molecule has 0 spiro atoms. The first kappa shape index (κ1) is 15.8. The normalized spacial score (nSPS) is 33.0. The standard InChI is InChI=1S/C16H24N4O.ClH/c1-20(14-7-12-4-5-13(8-14)18-12)16(21)10-2-3-11-9-17-19-15(11)6-10;/h9-10,12-14,18H,2-8H2,1H3,(H,17,19);1H. The molecule has 1 aromatic heterocycles. The van der Waals surface area contributed by atoms with Gasteiger partial charge < -0.3 is 10.2 Å². The van der Waals surface area contributed by atoms with E-state index in [1.807, 2.05) is 13.2 Å². The zero-order valence-electron chi connectivity index (χ0n) is 13.0. The summed E-state index contributed by atoms with van der Waals surface area (Å²) in [7, 11) is 2.01. The second-order valence-electron chi connectivity index (χ2n) is 7.03. The van der Waals surface area contributed by atoms with Crippen LogP contribution in [0.2, 0.25) is 0 Å². The number of carbonyl (C=O) groups excluding carboxylic acids is 1. The number of carbonyl (C=O) groups is 1. The lowest BCUT2D eigenvalue weighted by Crippen LogP contribution is -2.50. The predicted molar refractivity (Wildman–Crippen MR) is 87.1 cm³/mol. The van der Waals surface area contributed by atoms with Gasteiger partial charge in [0.15, 0.2) is 0 Å². The maximum Gasteiger partial charge on any atom is 0.226 e. The van der Waals surface area contributed by atoms with Gasteiger partial charge in [0.2, 0.25) is 5.91 Å². The van der Waals surface area contributed by atoms with Gasteiger partial charge in [-0.2, -0.15) is 5.10 Å². The molecule has 0 aromatic carbocycles.